The van der Waals surface area contributed by atoms with Crippen LogP contribution in [0.3, 0.4) is 0 Å². The first-order chi connectivity index (χ1) is 12.1. The van der Waals surface area contributed by atoms with Crippen molar-refractivity contribution in [2.45, 2.75) is 6.42 Å². The first kappa shape index (κ1) is 17.5. The van der Waals surface area contributed by atoms with Crippen molar-refractivity contribution in [3.8, 4) is 0 Å². The minimum absolute atomic E-state index is 0.0984. The number of hydrogen-bond donors (Lipinski definition) is 1. The van der Waals surface area contributed by atoms with E-state index in [1.165, 1.54) is 0 Å². The summed E-state index contributed by atoms with van der Waals surface area (Å²) < 4.78 is 5.25. The molecule has 0 unspecified atom stereocenters. The van der Waals surface area contributed by atoms with Crippen LogP contribution in [0, 0.1) is 0 Å². The number of nitrogens with one attached hydrogen (secondary N) is 1. The smallest absolute Gasteiger partial charge is 0.255 e. The van der Waals surface area contributed by atoms with Gasteiger partial charge in [-0.2, -0.15) is 0 Å². The SMILES string of the molecule is O=C(Nc1ccc(CC(=O)N2CCOCC2)cc1)c1ccc(Cl)cc1. The largest absolute Gasteiger partial charge is 0.378 e. The van der Waals surface area contributed by atoms with Gasteiger partial charge in [0.2, 0.25) is 5.91 Å². The molecule has 0 bridgehead atoms. The van der Waals surface area contributed by atoms with Crippen LogP contribution in [0.4, 0.5) is 5.69 Å². The van der Waals surface area contributed by atoms with E-state index in [0.29, 0.717) is 49.0 Å². The molecule has 0 atom stereocenters. The van der Waals surface area contributed by atoms with Crippen LogP contribution in [-0.4, -0.2) is 43.0 Å². The van der Waals surface area contributed by atoms with E-state index in [1.807, 2.05) is 17.0 Å². The normalized spacial score (nSPS) is 14.2. The van der Waals surface area contributed by atoms with Crippen LogP contribution in [0.1, 0.15) is 15.9 Å². The van der Waals surface area contributed by atoms with Crippen LogP contribution in [0.15, 0.2) is 48.5 Å². The van der Waals surface area contributed by atoms with Gasteiger partial charge in [-0.05, 0) is 42.0 Å². The molecular formula is C19H19ClN2O3. The summed E-state index contributed by atoms with van der Waals surface area (Å²) in [5.74, 6) is -0.102. The Morgan fingerprint density at radius 1 is 1.00 bits per heavy atom. The summed E-state index contributed by atoms with van der Waals surface area (Å²) in [6.07, 6.45) is 0.353. The highest BCUT2D eigenvalue weighted by molar-refractivity contribution is 6.30. The second-order valence-corrected chi connectivity index (χ2v) is 6.26. The molecular weight excluding hydrogens is 340 g/mol. The second kappa shape index (κ2) is 8.14. The molecule has 6 heteroatoms. The number of carbonyl (C=O) groups is 2. The predicted octanol–water partition coefficient (Wildman–Crippen LogP) is 2.99. The monoisotopic (exact) mass is 358 g/mol. The Labute approximate surface area is 151 Å². The van der Waals surface area contributed by atoms with Gasteiger partial charge < -0.3 is 15.0 Å². The van der Waals surface area contributed by atoms with Gasteiger partial charge in [-0.15, -0.1) is 0 Å². The van der Waals surface area contributed by atoms with E-state index in [-0.39, 0.29) is 11.8 Å². The van der Waals surface area contributed by atoms with Crippen molar-refractivity contribution in [3.05, 3.63) is 64.7 Å². The van der Waals surface area contributed by atoms with E-state index in [1.54, 1.807) is 36.4 Å². The number of amides is 2. The fraction of sp³-hybridized carbons (Fsp3) is 0.263. The first-order valence-corrected chi connectivity index (χ1v) is 8.51. The lowest BCUT2D eigenvalue weighted by molar-refractivity contribution is -0.134. The highest BCUT2D eigenvalue weighted by Crippen LogP contribution is 2.14. The second-order valence-electron chi connectivity index (χ2n) is 5.83. The number of benzene rings is 2. The molecule has 3 rings (SSSR count). The van der Waals surface area contributed by atoms with Crippen molar-refractivity contribution in [3.63, 3.8) is 0 Å². The Hall–Kier alpha value is -2.37. The first-order valence-electron chi connectivity index (χ1n) is 8.13. The Bertz CT molecular complexity index is 738. The van der Waals surface area contributed by atoms with Crippen LogP contribution in [0.25, 0.3) is 0 Å². The third-order valence-corrected chi connectivity index (χ3v) is 4.29. The van der Waals surface area contributed by atoms with Crippen LogP contribution in [-0.2, 0) is 16.0 Å². The molecule has 0 spiro atoms. The Morgan fingerprint density at radius 3 is 2.28 bits per heavy atom. The van der Waals surface area contributed by atoms with Gasteiger partial charge in [0.15, 0.2) is 0 Å². The Morgan fingerprint density at radius 2 is 1.64 bits per heavy atom. The number of hydrogen-bond acceptors (Lipinski definition) is 3. The van der Waals surface area contributed by atoms with E-state index < -0.39 is 0 Å². The highest BCUT2D eigenvalue weighted by Gasteiger charge is 2.17. The predicted molar refractivity (Wildman–Crippen MR) is 97.0 cm³/mol. The molecule has 25 heavy (non-hydrogen) atoms. The summed E-state index contributed by atoms with van der Waals surface area (Å²) >= 11 is 5.82. The zero-order valence-corrected chi connectivity index (χ0v) is 14.5. The number of anilines is 1. The molecule has 0 aromatic heterocycles. The number of nitrogens with zero attached hydrogens (tertiary/aromatic N) is 1. The summed E-state index contributed by atoms with van der Waals surface area (Å²) in [6.45, 7) is 2.49. The zero-order valence-electron chi connectivity index (χ0n) is 13.7. The maximum Gasteiger partial charge on any atom is 0.255 e. The quantitative estimate of drug-likeness (QED) is 0.914. The molecule has 0 aliphatic carbocycles. The lowest BCUT2D eigenvalue weighted by atomic mass is 10.1. The Balaban J connectivity index is 1.57. The lowest BCUT2D eigenvalue weighted by Gasteiger charge is -2.26. The average Bonchev–Trinajstić information content (AvgIpc) is 2.64. The summed E-state index contributed by atoms with van der Waals surface area (Å²) in [5.41, 5.74) is 2.14. The molecule has 1 aliphatic heterocycles. The van der Waals surface area contributed by atoms with Crippen molar-refractivity contribution in [2.24, 2.45) is 0 Å². The minimum Gasteiger partial charge on any atom is -0.378 e. The fourth-order valence-corrected chi connectivity index (χ4v) is 2.74. The maximum atomic E-state index is 12.2. The molecule has 2 aromatic carbocycles. The van der Waals surface area contributed by atoms with Crippen LogP contribution in [0.5, 0.6) is 0 Å². The molecule has 1 aliphatic rings. The minimum atomic E-state index is -0.200. The Kier molecular flexibility index (Phi) is 5.68. The van der Waals surface area contributed by atoms with Crippen molar-refractivity contribution in [1.29, 1.82) is 0 Å². The maximum absolute atomic E-state index is 12.2. The molecule has 0 radical (unpaired) electrons. The van der Waals surface area contributed by atoms with Crippen molar-refractivity contribution >= 4 is 29.1 Å². The van der Waals surface area contributed by atoms with Crippen molar-refractivity contribution < 1.29 is 14.3 Å². The highest BCUT2D eigenvalue weighted by atomic mass is 35.5. The van der Waals surface area contributed by atoms with Crippen LogP contribution in [0.2, 0.25) is 5.02 Å². The van der Waals surface area contributed by atoms with E-state index in [4.69, 9.17) is 16.3 Å². The molecule has 0 saturated carbocycles. The summed E-state index contributed by atoms with van der Waals surface area (Å²) in [5, 5.41) is 3.42. The third-order valence-electron chi connectivity index (χ3n) is 4.04. The van der Waals surface area contributed by atoms with E-state index in [0.717, 1.165) is 5.56 Å². The third kappa shape index (κ3) is 4.81. The number of ether oxygens (including phenoxy) is 1. The number of morpholine rings is 1. The summed E-state index contributed by atoms with van der Waals surface area (Å²) in [7, 11) is 0. The molecule has 2 amide bonds. The lowest BCUT2D eigenvalue weighted by Crippen LogP contribution is -2.41. The molecule has 130 valence electrons. The molecule has 1 fully saturated rings. The van der Waals surface area contributed by atoms with Gasteiger partial charge in [0, 0.05) is 29.4 Å². The van der Waals surface area contributed by atoms with Gasteiger partial charge in [-0.25, -0.2) is 0 Å². The van der Waals surface area contributed by atoms with Crippen molar-refractivity contribution in [1.82, 2.24) is 4.90 Å². The van der Waals surface area contributed by atoms with Crippen LogP contribution < -0.4 is 5.32 Å². The number of rotatable bonds is 4. The topological polar surface area (TPSA) is 58.6 Å². The van der Waals surface area contributed by atoms with Gasteiger partial charge in [-0.3, -0.25) is 9.59 Å². The summed E-state index contributed by atoms with van der Waals surface area (Å²) in [4.78, 5) is 26.2. The zero-order chi connectivity index (χ0) is 17.6. The van der Waals surface area contributed by atoms with Crippen LogP contribution >= 0.6 is 11.6 Å². The average molecular weight is 359 g/mol. The number of halogens is 1. The van der Waals surface area contributed by atoms with E-state index >= 15 is 0 Å². The summed E-state index contributed by atoms with van der Waals surface area (Å²) in [6, 6.07) is 14.0. The van der Waals surface area contributed by atoms with Crippen molar-refractivity contribution in [2.75, 3.05) is 31.6 Å². The van der Waals surface area contributed by atoms with Gasteiger partial charge in [0.05, 0.1) is 19.6 Å². The van der Waals surface area contributed by atoms with Gasteiger partial charge in [-0.1, -0.05) is 23.7 Å². The molecule has 1 saturated heterocycles. The van der Waals surface area contributed by atoms with Gasteiger partial charge in [0.25, 0.3) is 5.91 Å². The molecule has 5 nitrogen and oxygen atoms in total. The standard InChI is InChI=1S/C19H19ClN2O3/c20-16-5-3-15(4-6-16)19(24)21-17-7-1-14(2-8-17)13-18(23)22-9-11-25-12-10-22/h1-8H,9-13H2,(H,21,24). The molecule has 1 heterocycles. The van der Waals surface area contributed by atoms with Gasteiger partial charge >= 0.3 is 0 Å². The number of carbonyl (C=O) groups excluding carboxylic acids is 2. The molecule has 1 N–H and O–H groups in total. The van der Waals surface area contributed by atoms with E-state index in [2.05, 4.69) is 5.32 Å². The van der Waals surface area contributed by atoms with Gasteiger partial charge in [0.1, 0.15) is 0 Å². The van der Waals surface area contributed by atoms with E-state index in [9.17, 15) is 9.59 Å². The fourth-order valence-electron chi connectivity index (χ4n) is 2.61. The molecule has 2 aromatic rings.